The molecule has 4 rings (SSSR count). The normalized spacial score (nSPS) is 18.5. The summed E-state index contributed by atoms with van der Waals surface area (Å²) in [5, 5.41) is 3.31. The zero-order chi connectivity index (χ0) is 17.9. The van der Waals surface area contributed by atoms with Crippen LogP contribution in [0.3, 0.4) is 0 Å². The van der Waals surface area contributed by atoms with Crippen molar-refractivity contribution in [2.45, 2.75) is 25.8 Å². The first-order valence-electron chi connectivity index (χ1n) is 9.63. The van der Waals surface area contributed by atoms with Gasteiger partial charge < -0.3 is 15.1 Å². The number of nitrogens with one attached hydrogen (secondary N) is 1. The number of para-hydroxylation sites is 1. The molecule has 2 aromatic rings. The highest BCUT2D eigenvalue weighted by Crippen LogP contribution is 2.41. The van der Waals surface area contributed by atoms with Crippen LogP contribution in [-0.4, -0.2) is 37.1 Å². The van der Waals surface area contributed by atoms with Crippen molar-refractivity contribution in [3.63, 3.8) is 0 Å². The van der Waals surface area contributed by atoms with Gasteiger partial charge in [-0.25, -0.2) is 4.79 Å². The summed E-state index contributed by atoms with van der Waals surface area (Å²) in [4.78, 5) is 17.1. The molecule has 4 nitrogen and oxygen atoms in total. The second kappa shape index (κ2) is 7.40. The van der Waals surface area contributed by atoms with E-state index in [1.165, 1.54) is 29.7 Å². The molecule has 0 aromatic heterocycles. The number of nitrogens with zero attached hydrogens (tertiary/aromatic N) is 2. The van der Waals surface area contributed by atoms with E-state index in [1.807, 2.05) is 11.0 Å². The lowest BCUT2D eigenvalue weighted by Gasteiger charge is -2.37. The molecule has 2 aliphatic rings. The number of carbonyl (C=O) groups excluding carboxylic acids is 1. The van der Waals surface area contributed by atoms with Gasteiger partial charge in [-0.1, -0.05) is 48.0 Å². The lowest BCUT2D eigenvalue weighted by atomic mass is 10.0. The summed E-state index contributed by atoms with van der Waals surface area (Å²) in [6.45, 7) is 5.41. The van der Waals surface area contributed by atoms with Crippen molar-refractivity contribution >= 4 is 11.7 Å². The minimum Gasteiger partial charge on any atom is -0.368 e. The summed E-state index contributed by atoms with van der Waals surface area (Å²) < 4.78 is 0. The third kappa shape index (κ3) is 3.85. The van der Waals surface area contributed by atoms with Crippen LogP contribution < -0.4 is 10.2 Å². The monoisotopic (exact) mass is 349 g/mol. The molecule has 1 saturated heterocycles. The lowest BCUT2D eigenvalue weighted by molar-refractivity contribution is 0.189. The largest absolute Gasteiger partial charge is 0.368 e. The Hall–Kier alpha value is -2.49. The number of carbonyl (C=O) groups is 1. The molecule has 2 fully saturated rings. The highest BCUT2D eigenvalue weighted by molar-refractivity contribution is 5.75. The molecule has 1 N–H and O–H groups in total. The molecule has 0 bridgehead atoms. The van der Waals surface area contributed by atoms with Gasteiger partial charge in [0.1, 0.15) is 0 Å². The van der Waals surface area contributed by atoms with Crippen LogP contribution in [-0.2, 0) is 0 Å². The molecule has 2 amide bonds. The number of amides is 2. The molecule has 1 aliphatic heterocycles. The van der Waals surface area contributed by atoms with Gasteiger partial charge >= 0.3 is 6.03 Å². The molecule has 26 heavy (non-hydrogen) atoms. The first kappa shape index (κ1) is 17.0. The van der Waals surface area contributed by atoms with Gasteiger partial charge in [0.05, 0.1) is 6.04 Å². The summed E-state index contributed by atoms with van der Waals surface area (Å²) in [6, 6.07) is 19.3. The average molecular weight is 349 g/mol. The van der Waals surface area contributed by atoms with Gasteiger partial charge in [-0.05, 0) is 43.4 Å². The Balaban J connectivity index is 1.36. The Morgan fingerprint density at radius 1 is 0.962 bits per heavy atom. The third-order valence-corrected chi connectivity index (χ3v) is 5.50. The van der Waals surface area contributed by atoms with E-state index in [4.69, 9.17) is 0 Å². The van der Waals surface area contributed by atoms with Crippen molar-refractivity contribution in [3.05, 3.63) is 65.7 Å². The quantitative estimate of drug-likeness (QED) is 0.906. The van der Waals surface area contributed by atoms with Gasteiger partial charge in [0.2, 0.25) is 0 Å². The second-order valence-corrected chi connectivity index (χ2v) is 7.48. The van der Waals surface area contributed by atoms with Gasteiger partial charge in [0.25, 0.3) is 0 Å². The van der Waals surface area contributed by atoms with Crippen molar-refractivity contribution in [2.24, 2.45) is 5.92 Å². The van der Waals surface area contributed by atoms with E-state index < -0.39 is 0 Å². The Morgan fingerprint density at radius 2 is 1.62 bits per heavy atom. The molecule has 1 heterocycles. The van der Waals surface area contributed by atoms with Crippen LogP contribution in [0.15, 0.2) is 54.6 Å². The Morgan fingerprint density at radius 3 is 2.23 bits per heavy atom. The summed E-state index contributed by atoms with van der Waals surface area (Å²) >= 11 is 0. The number of rotatable bonds is 4. The van der Waals surface area contributed by atoms with Crippen LogP contribution in [0.4, 0.5) is 10.5 Å². The molecule has 0 radical (unpaired) electrons. The third-order valence-electron chi connectivity index (χ3n) is 5.50. The van der Waals surface area contributed by atoms with Crippen molar-refractivity contribution in [3.8, 4) is 0 Å². The van der Waals surface area contributed by atoms with E-state index >= 15 is 0 Å². The summed E-state index contributed by atoms with van der Waals surface area (Å²) in [5.41, 5.74) is 3.73. The van der Waals surface area contributed by atoms with E-state index in [2.05, 4.69) is 65.7 Å². The van der Waals surface area contributed by atoms with Crippen molar-refractivity contribution in [1.82, 2.24) is 10.2 Å². The molecule has 2 aromatic carbocycles. The number of benzene rings is 2. The van der Waals surface area contributed by atoms with E-state index in [-0.39, 0.29) is 12.1 Å². The number of hydrogen-bond donors (Lipinski definition) is 1. The fourth-order valence-electron chi connectivity index (χ4n) is 3.71. The molecule has 136 valence electrons. The first-order chi connectivity index (χ1) is 12.7. The zero-order valence-corrected chi connectivity index (χ0v) is 15.4. The van der Waals surface area contributed by atoms with Gasteiger partial charge in [0, 0.05) is 31.9 Å². The van der Waals surface area contributed by atoms with Crippen LogP contribution >= 0.6 is 0 Å². The SMILES string of the molecule is Cc1ccc([C@@H](NC(=O)N2CCN(c3ccccc3)CC2)C2CC2)cc1. The summed E-state index contributed by atoms with van der Waals surface area (Å²) in [6.07, 6.45) is 2.42. The topological polar surface area (TPSA) is 35.6 Å². The zero-order valence-electron chi connectivity index (χ0n) is 15.4. The van der Waals surface area contributed by atoms with Gasteiger partial charge in [-0.2, -0.15) is 0 Å². The smallest absolute Gasteiger partial charge is 0.318 e. The first-order valence-corrected chi connectivity index (χ1v) is 9.63. The van der Waals surface area contributed by atoms with Crippen LogP contribution in [0.1, 0.15) is 30.0 Å². The maximum absolute atomic E-state index is 12.8. The van der Waals surface area contributed by atoms with Gasteiger partial charge in [-0.15, -0.1) is 0 Å². The highest BCUT2D eigenvalue weighted by atomic mass is 16.2. The van der Waals surface area contributed by atoms with Crippen LogP contribution in [0.2, 0.25) is 0 Å². The van der Waals surface area contributed by atoms with Crippen molar-refractivity contribution in [1.29, 1.82) is 0 Å². The Kier molecular flexibility index (Phi) is 4.83. The average Bonchev–Trinajstić information content (AvgIpc) is 3.53. The maximum Gasteiger partial charge on any atom is 0.318 e. The predicted molar refractivity (Wildman–Crippen MR) is 105 cm³/mol. The Bertz CT molecular complexity index is 732. The van der Waals surface area contributed by atoms with E-state index in [0.717, 1.165) is 26.2 Å². The number of urea groups is 1. The number of piperazine rings is 1. The molecule has 0 spiro atoms. The Labute approximate surface area is 155 Å². The van der Waals surface area contributed by atoms with Crippen molar-refractivity contribution < 1.29 is 4.79 Å². The van der Waals surface area contributed by atoms with Crippen LogP contribution in [0.5, 0.6) is 0 Å². The molecule has 1 atom stereocenters. The molecule has 1 saturated carbocycles. The number of aryl methyl sites for hydroxylation is 1. The summed E-state index contributed by atoms with van der Waals surface area (Å²) in [7, 11) is 0. The minimum atomic E-state index is 0.0789. The molecular formula is C22H27N3O. The fraction of sp³-hybridized carbons (Fsp3) is 0.409. The van der Waals surface area contributed by atoms with E-state index in [9.17, 15) is 4.79 Å². The molecule has 4 heteroatoms. The number of anilines is 1. The maximum atomic E-state index is 12.8. The number of hydrogen-bond acceptors (Lipinski definition) is 2. The van der Waals surface area contributed by atoms with E-state index in [0.29, 0.717) is 5.92 Å². The predicted octanol–water partition coefficient (Wildman–Crippen LogP) is 3.98. The molecule has 0 unspecified atom stereocenters. The molecule has 1 aliphatic carbocycles. The van der Waals surface area contributed by atoms with Crippen LogP contribution in [0.25, 0.3) is 0 Å². The molecular weight excluding hydrogens is 322 g/mol. The van der Waals surface area contributed by atoms with Gasteiger partial charge in [0.15, 0.2) is 0 Å². The summed E-state index contributed by atoms with van der Waals surface area (Å²) in [5.74, 6) is 0.590. The fourth-order valence-corrected chi connectivity index (χ4v) is 3.71. The lowest BCUT2D eigenvalue weighted by Crippen LogP contribution is -2.52. The minimum absolute atomic E-state index is 0.0789. The second-order valence-electron chi connectivity index (χ2n) is 7.48. The van der Waals surface area contributed by atoms with E-state index in [1.54, 1.807) is 0 Å². The highest BCUT2D eigenvalue weighted by Gasteiger charge is 2.34. The standard InChI is InChI=1S/C22H27N3O/c1-17-7-9-18(10-8-17)21(19-11-12-19)23-22(26)25-15-13-24(14-16-25)20-5-3-2-4-6-20/h2-10,19,21H,11-16H2,1H3,(H,23,26)/t21-/m1/s1. The van der Waals surface area contributed by atoms with Crippen LogP contribution in [0, 0.1) is 12.8 Å². The van der Waals surface area contributed by atoms with Gasteiger partial charge in [-0.3, -0.25) is 0 Å². The van der Waals surface area contributed by atoms with Crippen molar-refractivity contribution in [2.75, 3.05) is 31.1 Å².